The summed E-state index contributed by atoms with van der Waals surface area (Å²) in [5.74, 6) is 0. The van der Waals surface area contributed by atoms with Crippen LogP contribution in [0.2, 0.25) is 0 Å². The van der Waals surface area contributed by atoms with Gasteiger partial charge >= 0.3 is 54.3 Å². The first kappa shape index (κ1) is 7.58. The van der Waals surface area contributed by atoms with Gasteiger partial charge in [0.25, 0.3) is 0 Å². The second-order valence-corrected chi connectivity index (χ2v) is 10.7. The van der Waals surface area contributed by atoms with Crippen LogP contribution in [0.5, 0.6) is 0 Å². The summed E-state index contributed by atoms with van der Waals surface area (Å²) < 4.78 is 0. The molecular formula is C4H6Cl2Se. The third-order valence-electron chi connectivity index (χ3n) is 0.444. The van der Waals surface area contributed by atoms with Crippen molar-refractivity contribution in [1.82, 2.24) is 0 Å². The van der Waals surface area contributed by atoms with Gasteiger partial charge in [0.05, 0.1) is 0 Å². The van der Waals surface area contributed by atoms with Gasteiger partial charge in [-0.25, -0.2) is 0 Å². The predicted octanol–water partition coefficient (Wildman–Crippen LogP) is 2.36. The first-order chi connectivity index (χ1) is 3.12. The van der Waals surface area contributed by atoms with Crippen LogP contribution >= 0.6 is 20.2 Å². The fourth-order valence-corrected chi connectivity index (χ4v) is 0.354. The van der Waals surface area contributed by atoms with E-state index in [0.717, 1.165) is 0 Å². The minimum absolute atomic E-state index is 1.56. The van der Waals surface area contributed by atoms with Crippen LogP contribution < -0.4 is 0 Å². The average molecular weight is 204 g/mol. The van der Waals surface area contributed by atoms with E-state index in [0.29, 0.717) is 0 Å². The van der Waals surface area contributed by atoms with Gasteiger partial charge in [-0.05, 0) is 0 Å². The molecule has 0 aromatic heterocycles. The number of hydrogen-bond donors (Lipinski definition) is 0. The normalized spacial score (nSPS) is 12.9. The van der Waals surface area contributed by atoms with Crippen LogP contribution in [-0.2, 0) is 0 Å². The monoisotopic (exact) mass is 204 g/mol. The van der Waals surface area contributed by atoms with E-state index in [2.05, 4.69) is 13.2 Å². The molecule has 0 saturated heterocycles. The average Bonchev–Trinajstić information content (AvgIpc) is 1.68. The molecule has 0 aliphatic rings. The van der Waals surface area contributed by atoms with Gasteiger partial charge in [0.1, 0.15) is 0 Å². The van der Waals surface area contributed by atoms with Gasteiger partial charge in [0, 0.05) is 0 Å². The van der Waals surface area contributed by atoms with E-state index in [9.17, 15) is 0 Å². The third-order valence-corrected chi connectivity index (χ3v) is 4.93. The van der Waals surface area contributed by atoms with Crippen molar-refractivity contribution in [2.24, 2.45) is 0 Å². The van der Waals surface area contributed by atoms with E-state index in [1.54, 1.807) is 9.95 Å². The molecule has 0 fully saturated rings. The number of hydrogen-bond acceptors (Lipinski definition) is 0. The maximum absolute atomic E-state index is 5.59. The molecule has 0 heterocycles. The van der Waals surface area contributed by atoms with Crippen molar-refractivity contribution in [1.29, 1.82) is 0 Å². The molecule has 0 aliphatic carbocycles. The van der Waals surface area contributed by atoms with Crippen LogP contribution in [0.3, 0.4) is 0 Å². The van der Waals surface area contributed by atoms with Crippen LogP contribution in [0.25, 0.3) is 0 Å². The van der Waals surface area contributed by atoms with Crippen molar-refractivity contribution < 1.29 is 0 Å². The maximum atomic E-state index is 5.59. The zero-order valence-electron chi connectivity index (χ0n) is 3.73. The SMILES string of the molecule is C=C[Se](Cl)(Cl)C=C. The summed E-state index contributed by atoms with van der Waals surface area (Å²) in [6.07, 6.45) is 0. The Hall–Kier alpha value is 0.579. The summed E-state index contributed by atoms with van der Waals surface area (Å²) in [6, 6.07) is 0. The van der Waals surface area contributed by atoms with Crippen molar-refractivity contribution in [3.8, 4) is 0 Å². The molecule has 0 rings (SSSR count). The van der Waals surface area contributed by atoms with Crippen LogP contribution in [-0.4, -0.2) is 11.0 Å². The van der Waals surface area contributed by atoms with Crippen molar-refractivity contribution in [3.05, 3.63) is 23.1 Å². The topological polar surface area (TPSA) is 0 Å². The molecule has 0 saturated carbocycles. The molecule has 0 atom stereocenters. The van der Waals surface area contributed by atoms with Gasteiger partial charge in [0.15, 0.2) is 0 Å². The number of halogens is 2. The first-order valence-electron chi connectivity index (χ1n) is 1.60. The molecule has 3 heteroatoms. The van der Waals surface area contributed by atoms with Crippen LogP contribution in [0.1, 0.15) is 0 Å². The van der Waals surface area contributed by atoms with Crippen LogP contribution in [0, 0.1) is 0 Å². The minimum atomic E-state index is -2.33. The predicted molar refractivity (Wildman–Crippen MR) is 37.9 cm³/mol. The number of rotatable bonds is 2. The second-order valence-electron chi connectivity index (χ2n) is 0.884. The van der Waals surface area contributed by atoms with Gasteiger partial charge in [-0.1, -0.05) is 0 Å². The Morgan fingerprint density at radius 1 is 1.14 bits per heavy atom. The van der Waals surface area contributed by atoms with Crippen molar-refractivity contribution in [3.63, 3.8) is 0 Å². The molecule has 0 N–H and O–H groups in total. The van der Waals surface area contributed by atoms with Crippen LogP contribution in [0.4, 0.5) is 0 Å². The van der Waals surface area contributed by atoms with Gasteiger partial charge in [-0.15, -0.1) is 0 Å². The molecular weight excluding hydrogens is 198 g/mol. The zero-order valence-corrected chi connectivity index (χ0v) is 6.96. The molecule has 7 heavy (non-hydrogen) atoms. The molecule has 0 radical (unpaired) electrons. The molecule has 0 aliphatic heterocycles. The summed E-state index contributed by atoms with van der Waals surface area (Å²) in [4.78, 5) is 3.12. The Labute approximate surface area is 54.5 Å². The van der Waals surface area contributed by atoms with E-state index < -0.39 is 11.0 Å². The van der Waals surface area contributed by atoms with E-state index in [1.165, 1.54) is 0 Å². The first-order valence-corrected chi connectivity index (χ1v) is 8.08. The van der Waals surface area contributed by atoms with E-state index in [4.69, 9.17) is 20.2 Å². The molecule has 0 bridgehead atoms. The van der Waals surface area contributed by atoms with Crippen molar-refractivity contribution in [2.75, 3.05) is 0 Å². The fraction of sp³-hybridized carbons (Fsp3) is 0. The summed E-state index contributed by atoms with van der Waals surface area (Å²) in [7, 11) is 11.2. The summed E-state index contributed by atoms with van der Waals surface area (Å²) in [6.45, 7) is 6.88. The molecule has 0 amide bonds. The Kier molecular flexibility index (Phi) is 3.01. The van der Waals surface area contributed by atoms with E-state index in [1.807, 2.05) is 0 Å². The third kappa shape index (κ3) is 3.19. The second kappa shape index (κ2) is 2.78. The molecule has 0 nitrogen and oxygen atoms in total. The molecule has 42 valence electrons. The summed E-state index contributed by atoms with van der Waals surface area (Å²) in [5.41, 5.74) is 0. The Morgan fingerprint density at radius 2 is 1.43 bits per heavy atom. The Balaban J connectivity index is 3.82. The zero-order chi connectivity index (χ0) is 5.91. The van der Waals surface area contributed by atoms with Crippen molar-refractivity contribution in [2.45, 2.75) is 0 Å². The quantitative estimate of drug-likeness (QED) is 0.605. The summed E-state index contributed by atoms with van der Waals surface area (Å²) in [5, 5.41) is 0. The summed E-state index contributed by atoms with van der Waals surface area (Å²) >= 11 is -2.33. The Morgan fingerprint density at radius 3 is 1.43 bits per heavy atom. The van der Waals surface area contributed by atoms with Gasteiger partial charge in [-0.3, -0.25) is 0 Å². The molecule has 0 aromatic rings. The fourth-order valence-electron chi connectivity index (χ4n) is 0.0680. The molecule has 0 aromatic carbocycles. The molecule has 0 spiro atoms. The Bertz CT molecular complexity index is 77.7. The van der Waals surface area contributed by atoms with Crippen LogP contribution in [0.15, 0.2) is 23.1 Å². The van der Waals surface area contributed by atoms with E-state index >= 15 is 0 Å². The standard InChI is InChI=1S/C4H6Cl2Se/c1-3-7(5,6)4-2/h3-4H,1-2H2. The van der Waals surface area contributed by atoms with E-state index in [-0.39, 0.29) is 0 Å². The van der Waals surface area contributed by atoms with Gasteiger partial charge < -0.3 is 0 Å². The van der Waals surface area contributed by atoms with Gasteiger partial charge in [0.2, 0.25) is 0 Å². The van der Waals surface area contributed by atoms with Crippen molar-refractivity contribution >= 4 is 31.2 Å². The van der Waals surface area contributed by atoms with Gasteiger partial charge in [-0.2, -0.15) is 0 Å². The molecule has 0 unspecified atom stereocenters.